The van der Waals surface area contributed by atoms with Gasteiger partial charge >= 0.3 is 18.6 Å². The molecule has 5 rings (SSSR count). The van der Waals surface area contributed by atoms with E-state index in [2.05, 4.69) is 25.1 Å². The van der Waals surface area contributed by atoms with Crippen molar-refractivity contribution in [2.24, 2.45) is 4.99 Å². The molecule has 0 bridgehead atoms. The molecule has 3 amide bonds. The normalized spacial score (nSPS) is 14.7. The molecule has 47 heavy (non-hydrogen) atoms. The van der Waals surface area contributed by atoms with Crippen LogP contribution < -0.4 is 15.0 Å². The second kappa shape index (κ2) is 13.5. The minimum atomic E-state index is -4.78. The second-order valence-corrected chi connectivity index (χ2v) is 11.6. The molecule has 0 atom stereocenters. The highest BCUT2D eigenvalue weighted by molar-refractivity contribution is 8.15. The van der Waals surface area contributed by atoms with Gasteiger partial charge in [0.15, 0.2) is 11.0 Å². The molecule has 1 aliphatic heterocycles. The van der Waals surface area contributed by atoms with E-state index in [0.717, 1.165) is 34.4 Å². The van der Waals surface area contributed by atoms with Gasteiger partial charge < -0.3 is 10.1 Å². The lowest BCUT2D eigenvalue weighted by atomic mass is 9.98. The van der Waals surface area contributed by atoms with Crippen LogP contribution in [0.3, 0.4) is 0 Å². The molecule has 3 aromatic carbocycles. The summed E-state index contributed by atoms with van der Waals surface area (Å²) in [6.07, 6.45) is -6.96. The number of aryl methyl sites for hydroxylation is 2. The highest BCUT2D eigenvalue weighted by atomic mass is 32.2. The summed E-state index contributed by atoms with van der Waals surface area (Å²) < 4.78 is 82.9. The first kappa shape index (κ1) is 33.5. The lowest BCUT2D eigenvalue weighted by Crippen LogP contribution is -2.31. The third-order valence-corrected chi connectivity index (χ3v) is 7.82. The van der Waals surface area contributed by atoms with Crippen molar-refractivity contribution in [3.8, 4) is 11.4 Å². The number of amidine groups is 1. The first-order valence-electron chi connectivity index (χ1n) is 14.1. The maximum Gasteiger partial charge on any atom is 0.573 e. The van der Waals surface area contributed by atoms with Crippen LogP contribution in [0.1, 0.15) is 42.3 Å². The van der Waals surface area contributed by atoms with Crippen molar-refractivity contribution in [3.05, 3.63) is 95.6 Å². The van der Waals surface area contributed by atoms with Crippen LogP contribution in [0.25, 0.3) is 5.69 Å². The van der Waals surface area contributed by atoms with Crippen molar-refractivity contribution in [1.82, 2.24) is 14.8 Å². The van der Waals surface area contributed by atoms with E-state index in [-0.39, 0.29) is 28.3 Å². The molecule has 9 nitrogen and oxygen atoms in total. The smallest absolute Gasteiger partial charge is 0.406 e. The number of carbonyl (C=O) groups is 2. The highest BCUT2D eigenvalue weighted by Gasteiger charge is 2.36. The zero-order valence-corrected chi connectivity index (χ0v) is 25.6. The fourth-order valence-electron chi connectivity index (χ4n) is 4.67. The van der Waals surface area contributed by atoms with Gasteiger partial charge in [-0.05, 0) is 72.0 Å². The predicted octanol–water partition coefficient (Wildman–Crippen LogP) is 7.76. The minimum absolute atomic E-state index is 0.0251. The molecule has 0 unspecified atom stereocenters. The number of rotatable bonds is 8. The Kier molecular flexibility index (Phi) is 9.60. The van der Waals surface area contributed by atoms with Crippen LogP contribution in [-0.4, -0.2) is 44.0 Å². The number of halogens is 6. The maximum atomic E-state index is 13.5. The van der Waals surface area contributed by atoms with Gasteiger partial charge in [0.1, 0.15) is 12.1 Å². The molecule has 1 saturated heterocycles. The van der Waals surface area contributed by atoms with Crippen molar-refractivity contribution in [1.29, 1.82) is 0 Å². The van der Waals surface area contributed by atoms with Gasteiger partial charge in [0.05, 0.1) is 22.7 Å². The van der Waals surface area contributed by atoms with E-state index >= 15 is 0 Å². The Morgan fingerprint density at radius 1 is 1.00 bits per heavy atom. The number of thioether (sulfide) groups is 1. The lowest BCUT2D eigenvalue weighted by Gasteiger charge is -2.23. The van der Waals surface area contributed by atoms with Crippen molar-refractivity contribution in [2.45, 2.75) is 45.1 Å². The van der Waals surface area contributed by atoms with E-state index in [1.807, 2.05) is 0 Å². The molecule has 2 heterocycles. The third kappa shape index (κ3) is 8.49. The number of anilines is 2. The quantitative estimate of drug-likeness (QED) is 0.192. The number of nitrogens with zero attached hydrogens (tertiary/aromatic N) is 5. The van der Waals surface area contributed by atoms with Crippen LogP contribution in [0.2, 0.25) is 0 Å². The predicted molar refractivity (Wildman–Crippen MR) is 164 cm³/mol. The zero-order valence-electron chi connectivity index (χ0n) is 24.8. The number of urea groups is 1. The SMILES string of the molecule is CC(C)c1ccc(C(F)(F)F)cc1N1C(=O)CSC1=NC(=O)Nc1ccc(CCc2ncn(-c3ccc(OC(F)(F)F)cc3)n2)cc1. The summed E-state index contributed by atoms with van der Waals surface area (Å²) in [5.41, 5.74) is 1.43. The number of alkyl halides is 6. The summed E-state index contributed by atoms with van der Waals surface area (Å²) in [6.45, 7) is 3.58. The molecule has 1 aromatic heterocycles. The second-order valence-electron chi connectivity index (χ2n) is 10.6. The lowest BCUT2D eigenvalue weighted by molar-refractivity contribution is -0.274. The molecule has 246 valence electrons. The van der Waals surface area contributed by atoms with Crippen LogP contribution in [-0.2, 0) is 23.8 Å². The average molecular weight is 677 g/mol. The molecule has 1 fully saturated rings. The summed E-state index contributed by atoms with van der Waals surface area (Å²) in [5.74, 6) is -0.611. The first-order chi connectivity index (χ1) is 22.2. The van der Waals surface area contributed by atoms with E-state index in [1.54, 1.807) is 38.1 Å². The van der Waals surface area contributed by atoms with Gasteiger partial charge in [-0.15, -0.1) is 13.2 Å². The monoisotopic (exact) mass is 676 g/mol. The molecule has 0 aliphatic carbocycles. The molecule has 0 radical (unpaired) electrons. The van der Waals surface area contributed by atoms with Crippen LogP contribution in [0, 0.1) is 0 Å². The fraction of sp³-hybridized carbons (Fsp3) is 0.258. The summed E-state index contributed by atoms with van der Waals surface area (Å²) in [4.78, 5) is 34.8. The summed E-state index contributed by atoms with van der Waals surface area (Å²) in [6, 6.07) is 14.5. The van der Waals surface area contributed by atoms with E-state index in [9.17, 15) is 35.9 Å². The van der Waals surface area contributed by atoms with Gasteiger partial charge in [0.2, 0.25) is 5.91 Å². The van der Waals surface area contributed by atoms with Gasteiger partial charge in [-0.25, -0.2) is 14.5 Å². The number of carbonyl (C=O) groups excluding carboxylic acids is 2. The standard InChI is InChI=1S/C31H26F6N6O3S/c1-18(2)24-13-6-20(30(32,33)34)15-25(24)43-27(44)16-47-29(43)40-28(45)39-21-7-3-19(4-8-21)5-14-26-38-17-42(41-26)22-9-11-23(12-10-22)46-31(35,36)37/h3-4,6-13,15,17-18H,5,14,16H2,1-2H3,(H,39,45). The number of ether oxygens (including phenoxy) is 1. The fourth-order valence-corrected chi connectivity index (χ4v) is 5.53. The van der Waals surface area contributed by atoms with Crippen molar-refractivity contribution in [3.63, 3.8) is 0 Å². The Morgan fingerprint density at radius 2 is 1.70 bits per heavy atom. The molecule has 16 heteroatoms. The number of amides is 3. The Morgan fingerprint density at radius 3 is 2.34 bits per heavy atom. The average Bonchev–Trinajstić information content (AvgIpc) is 3.62. The maximum absolute atomic E-state index is 13.5. The van der Waals surface area contributed by atoms with Gasteiger partial charge in [-0.2, -0.15) is 23.3 Å². The Labute approximate surface area is 268 Å². The van der Waals surface area contributed by atoms with Crippen molar-refractivity contribution < 1.29 is 40.7 Å². The van der Waals surface area contributed by atoms with Gasteiger partial charge in [-0.3, -0.25) is 9.69 Å². The van der Waals surface area contributed by atoms with E-state index in [4.69, 9.17) is 0 Å². The van der Waals surface area contributed by atoms with E-state index in [0.29, 0.717) is 35.6 Å². The molecular formula is C31H26F6N6O3S. The Hall–Kier alpha value is -4.86. The molecule has 0 spiro atoms. The molecule has 4 aromatic rings. The molecule has 1 aliphatic rings. The minimum Gasteiger partial charge on any atom is -0.406 e. The highest BCUT2D eigenvalue weighted by Crippen LogP contribution is 2.38. The number of aromatic nitrogens is 3. The first-order valence-corrected chi connectivity index (χ1v) is 15.1. The van der Waals surface area contributed by atoms with Crippen LogP contribution in [0.4, 0.5) is 42.5 Å². The topological polar surface area (TPSA) is 102 Å². The van der Waals surface area contributed by atoms with Crippen molar-refractivity contribution in [2.75, 3.05) is 16.0 Å². The summed E-state index contributed by atoms with van der Waals surface area (Å²) in [5, 5.41) is 6.94. The Balaban J connectivity index is 1.21. The number of hydrogen-bond acceptors (Lipinski definition) is 6. The van der Waals surface area contributed by atoms with Gasteiger partial charge in [0.25, 0.3) is 0 Å². The third-order valence-electron chi connectivity index (χ3n) is 6.90. The number of hydrogen-bond donors (Lipinski definition) is 1. The van der Waals surface area contributed by atoms with Crippen LogP contribution in [0.5, 0.6) is 5.75 Å². The van der Waals surface area contributed by atoms with Crippen LogP contribution in [0.15, 0.2) is 78.0 Å². The van der Waals surface area contributed by atoms with Crippen LogP contribution >= 0.6 is 11.8 Å². The summed E-state index contributed by atoms with van der Waals surface area (Å²) in [7, 11) is 0. The largest absolute Gasteiger partial charge is 0.573 e. The van der Waals surface area contributed by atoms with Gasteiger partial charge in [0, 0.05) is 12.1 Å². The van der Waals surface area contributed by atoms with E-state index < -0.39 is 30.0 Å². The molecule has 1 N–H and O–H groups in total. The number of aliphatic imine (C=N–C) groups is 1. The van der Waals surface area contributed by atoms with Gasteiger partial charge in [-0.1, -0.05) is 43.8 Å². The summed E-state index contributed by atoms with van der Waals surface area (Å²) >= 11 is 0.960. The zero-order chi connectivity index (χ0) is 33.9. The van der Waals surface area contributed by atoms with E-state index in [1.165, 1.54) is 41.3 Å². The number of benzene rings is 3. The molecule has 0 saturated carbocycles. The molecular weight excluding hydrogens is 650 g/mol. The van der Waals surface area contributed by atoms with Crippen molar-refractivity contribution >= 4 is 40.2 Å². The Bertz CT molecular complexity index is 1790. The number of nitrogens with one attached hydrogen (secondary N) is 1.